The van der Waals surface area contributed by atoms with Crippen molar-refractivity contribution in [3.05, 3.63) is 24.2 Å². The molecule has 8 heteroatoms. The molecule has 2 N–H and O–H groups in total. The average molecular weight is 390 g/mol. The summed E-state index contributed by atoms with van der Waals surface area (Å²) >= 11 is 1.53. The number of hydrogen-bond donors (Lipinski definition) is 2. The van der Waals surface area contributed by atoms with Gasteiger partial charge in [0.1, 0.15) is 5.52 Å². The lowest BCUT2D eigenvalue weighted by atomic mass is 9.81. The average Bonchev–Trinajstić information content (AvgIpc) is 3.06. The van der Waals surface area contributed by atoms with Gasteiger partial charge in [-0.2, -0.15) is 11.8 Å². The number of carbonyl (C=O) groups excluding carboxylic acids is 2. The van der Waals surface area contributed by atoms with Crippen LogP contribution in [0.4, 0.5) is 0 Å². The molecule has 1 fully saturated rings. The highest BCUT2D eigenvalue weighted by Crippen LogP contribution is 2.28. The molecule has 146 valence electrons. The third-order valence-corrected chi connectivity index (χ3v) is 6.24. The van der Waals surface area contributed by atoms with Crippen molar-refractivity contribution < 1.29 is 9.59 Å². The summed E-state index contributed by atoms with van der Waals surface area (Å²) in [4.78, 5) is 33.7. The Morgan fingerprint density at radius 1 is 1.30 bits per heavy atom. The molecule has 27 heavy (non-hydrogen) atoms. The van der Waals surface area contributed by atoms with Gasteiger partial charge in [-0.3, -0.25) is 9.59 Å². The Balaban J connectivity index is 1.70. The van der Waals surface area contributed by atoms with Crippen LogP contribution in [0.15, 0.2) is 18.6 Å². The quantitative estimate of drug-likeness (QED) is 0.791. The zero-order chi connectivity index (χ0) is 19.4. The Morgan fingerprint density at radius 3 is 2.74 bits per heavy atom. The number of pyridine rings is 1. The highest BCUT2D eigenvalue weighted by Gasteiger charge is 2.35. The van der Waals surface area contributed by atoms with Crippen LogP contribution < -0.4 is 10.6 Å². The van der Waals surface area contributed by atoms with Crippen LogP contribution >= 0.6 is 11.8 Å². The van der Waals surface area contributed by atoms with E-state index >= 15 is 0 Å². The first kappa shape index (κ1) is 19.7. The van der Waals surface area contributed by atoms with Gasteiger partial charge in [0.25, 0.3) is 5.91 Å². The second kappa shape index (κ2) is 8.29. The van der Waals surface area contributed by atoms with Crippen LogP contribution in [-0.2, 0) is 11.8 Å². The van der Waals surface area contributed by atoms with Crippen molar-refractivity contribution in [2.45, 2.75) is 49.8 Å². The van der Waals surface area contributed by atoms with E-state index in [4.69, 9.17) is 0 Å². The molecule has 2 aromatic heterocycles. The predicted octanol–water partition coefficient (Wildman–Crippen LogP) is 2.27. The molecule has 1 saturated carbocycles. The van der Waals surface area contributed by atoms with Crippen LogP contribution in [-0.4, -0.2) is 49.9 Å². The number of nitrogens with zero attached hydrogens (tertiary/aromatic N) is 3. The molecule has 0 bridgehead atoms. The maximum absolute atomic E-state index is 12.7. The molecule has 2 amide bonds. The van der Waals surface area contributed by atoms with E-state index in [0.29, 0.717) is 17.6 Å². The molecular weight excluding hydrogens is 362 g/mol. The third-order valence-electron chi connectivity index (χ3n) is 5.32. The van der Waals surface area contributed by atoms with Crippen molar-refractivity contribution in [3.63, 3.8) is 0 Å². The molecule has 1 aliphatic carbocycles. The maximum atomic E-state index is 12.7. The van der Waals surface area contributed by atoms with E-state index in [2.05, 4.69) is 20.6 Å². The van der Waals surface area contributed by atoms with Crippen LogP contribution in [0.25, 0.3) is 11.2 Å². The van der Waals surface area contributed by atoms with Gasteiger partial charge in [0, 0.05) is 19.8 Å². The smallest absolute Gasteiger partial charge is 0.253 e. The number of thioether (sulfide) groups is 1. The SMILES string of the molecule is CSC(C)C(=O)NC1(CNC(=O)c2cnc3c(c2)ncn3C)CCCCC1. The molecule has 0 saturated heterocycles. The number of carbonyl (C=O) groups is 2. The van der Waals surface area contributed by atoms with Gasteiger partial charge in [-0.25, -0.2) is 9.97 Å². The van der Waals surface area contributed by atoms with Gasteiger partial charge in [0.2, 0.25) is 5.91 Å². The Hall–Kier alpha value is -2.09. The second-order valence-electron chi connectivity index (χ2n) is 7.31. The number of aryl methyl sites for hydroxylation is 1. The van der Waals surface area contributed by atoms with Gasteiger partial charge < -0.3 is 15.2 Å². The number of imidazole rings is 1. The normalized spacial score (nSPS) is 17.4. The van der Waals surface area contributed by atoms with E-state index in [1.807, 2.05) is 24.8 Å². The van der Waals surface area contributed by atoms with Crippen LogP contribution in [0.3, 0.4) is 0 Å². The van der Waals surface area contributed by atoms with Crippen LogP contribution in [0.5, 0.6) is 0 Å². The van der Waals surface area contributed by atoms with Crippen LogP contribution in [0.1, 0.15) is 49.4 Å². The fourth-order valence-corrected chi connectivity index (χ4v) is 3.81. The van der Waals surface area contributed by atoms with Crippen LogP contribution in [0.2, 0.25) is 0 Å². The molecule has 0 aliphatic heterocycles. The Labute approximate surface area is 163 Å². The van der Waals surface area contributed by atoms with Crippen LogP contribution in [0, 0.1) is 0 Å². The van der Waals surface area contributed by atoms with Gasteiger partial charge in [0.05, 0.1) is 22.7 Å². The third kappa shape index (κ3) is 4.43. The topological polar surface area (TPSA) is 88.9 Å². The number of hydrogen-bond acceptors (Lipinski definition) is 5. The first-order chi connectivity index (χ1) is 12.9. The number of aromatic nitrogens is 3. The van der Waals surface area contributed by atoms with Crippen molar-refractivity contribution in [3.8, 4) is 0 Å². The van der Waals surface area contributed by atoms with Crippen molar-refractivity contribution in [1.82, 2.24) is 25.2 Å². The highest BCUT2D eigenvalue weighted by atomic mass is 32.2. The first-order valence-corrected chi connectivity index (χ1v) is 10.6. The van der Waals surface area contributed by atoms with Crippen molar-refractivity contribution in [2.75, 3.05) is 12.8 Å². The minimum absolute atomic E-state index is 0.0372. The van der Waals surface area contributed by atoms with E-state index in [-0.39, 0.29) is 22.6 Å². The fraction of sp³-hybridized carbons (Fsp3) is 0.579. The van der Waals surface area contributed by atoms with Gasteiger partial charge in [-0.05, 0) is 32.1 Å². The lowest BCUT2D eigenvalue weighted by Crippen LogP contribution is -2.58. The van der Waals surface area contributed by atoms with E-state index in [1.54, 1.807) is 18.6 Å². The van der Waals surface area contributed by atoms with Gasteiger partial charge >= 0.3 is 0 Å². The molecule has 7 nitrogen and oxygen atoms in total. The van der Waals surface area contributed by atoms with Gasteiger partial charge in [-0.15, -0.1) is 0 Å². The zero-order valence-electron chi connectivity index (χ0n) is 16.1. The molecular formula is C19H27N5O2S. The van der Waals surface area contributed by atoms with Crippen molar-refractivity contribution in [1.29, 1.82) is 0 Å². The first-order valence-electron chi connectivity index (χ1n) is 9.34. The monoisotopic (exact) mass is 389 g/mol. The minimum Gasteiger partial charge on any atom is -0.350 e. The Kier molecular flexibility index (Phi) is 6.04. The summed E-state index contributed by atoms with van der Waals surface area (Å²) < 4.78 is 1.82. The summed E-state index contributed by atoms with van der Waals surface area (Å²) in [5.41, 5.74) is 1.56. The Morgan fingerprint density at radius 2 is 2.04 bits per heavy atom. The van der Waals surface area contributed by atoms with Gasteiger partial charge in [-0.1, -0.05) is 19.3 Å². The molecule has 1 unspecified atom stereocenters. The van der Waals surface area contributed by atoms with Crippen molar-refractivity contribution in [2.24, 2.45) is 7.05 Å². The van der Waals surface area contributed by atoms with E-state index in [0.717, 1.165) is 31.3 Å². The predicted molar refractivity (Wildman–Crippen MR) is 108 cm³/mol. The summed E-state index contributed by atoms with van der Waals surface area (Å²) in [7, 11) is 1.87. The molecule has 0 radical (unpaired) electrons. The summed E-state index contributed by atoms with van der Waals surface area (Å²) in [6.07, 6.45) is 10.2. The zero-order valence-corrected chi connectivity index (χ0v) is 16.9. The molecule has 0 aromatic carbocycles. The lowest BCUT2D eigenvalue weighted by molar-refractivity contribution is -0.122. The number of nitrogens with one attached hydrogen (secondary N) is 2. The number of rotatable bonds is 6. The maximum Gasteiger partial charge on any atom is 0.253 e. The number of fused-ring (bicyclic) bond motifs is 1. The molecule has 2 heterocycles. The van der Waals surface area contributed by atoms with E-state index in [9.17, 15) is 9.59 Å². The molecule has 2 aromatic rings. The van der Waals surface area contributed by atoms with E-state index < -0.39 is 0 Å². The highest BCUT2D eigenvalue weighted by molar-refractivity contribution is 7.99. The Bertz CT molecular complexity index is 829. The second-order valence-corrected chi connectivity index (χ2v) is 8.49. The number of amides is 2. The summed E-state index contributed by atoms with van der Waals surface area (Å²) in [5.74, 6) is -0.151. The summed E-state index contributed by atoms with van der Waals surface area (Å²) in [5, 5.41) is 6.12. The minimum atomic E-state index is -0.364. The lowest BCUT2D eigenvalue weighted by Gasteiger charge is -2.39. The molecule has 1 aliphatic rings. The van der Waals surface area contributed by atoms with Gasteiger partial charge in [0.15, 0.2) is 5.65 Å². The standard InChI is InChI=1S/C19H27N5O2S/c1-13(27-3)17(25)23-19(7-5-4-6-8-19)11-21-18(26)14-9-15-16(20-10-14)24(2)12-22-15/h9-10,12-13H,4-8,11H2,1-3H3,(H,21,26)(H,23,25). The van der Waals surface area contributed by atoms with E-state index in [1.165, 1.54) is 18.2 Å². The van der Waals surface area contributed by atoms with Crippen molar-refractivity contribution >= 4 is 34.7 Å². The summed E-state index contributed by atoms with van der Waals surface area (Å²) in [6.45, 7) is 2.34. The summed E-state index contributed by atoms with van der Waals surface area (Å²) in [6, 6.07) is 1.75. The largest absolute Gasteiger partial charge is 0.350 e. The molecule has 1 atom stereocenters. The molecule has 3 rings (SSSR count). The molecule has 0 spiro atoms. The fourth-order valence-electron chi connectivity index (χ4n) is 3.54.